The van der Waals surface area contributed by atoms with Crippen molar-refractivity contribution in [3.8, 4) is 0 Å². The van der Waals surface area contributed by atoms with Crippen LogP contribution in [0.1, 0.15) is 46.0 Å². The van der Waals surface area contributed by atoms with Crippen molar-refractivity contribution in [2.75, 3.05) is 19.4 Å². The van der Waals surface area contributed by atoms with E-state index in [1.54, 1.807) is 18.1 Å². The molecule has 0 aliphatic rings. The van der Waals surface area contributed by atoms with E-state index in [0.29, 0.717) is 5.69 Å². The Bertz CT molecular complexity index is 812. The summed E-state index contributed by atoms with van der Waals surface area (Å²) in [5.74, 6) is -0.511. The second-order valence-corrected chi connectivity index (χ2v) is 6.29. The molecule has 0 spiro atoms. The minimum atomic E-state index is -0.313. The van der Waals surface area contributed by atoms with Gasteiger partial charge in [-0.3, -0.25) is 14.3 Å². The second-order valence-electron chi connectivity index (χ2n) is 6.29. The number of nitrogens with one attached hydrogen (secondary N) is 1. The Morgan fingerprint density at radius 1 is 1.19 bits per heavy atom. The van der Waals surface area contributed by atoms with Gasteiger partial charge in [0.15, 0.2) is 5.69 Å². The summed E-state index contributed by atoms with van der Waals surface area (Å²) in [6.45, 7) is 4.11. The fourth-order valence-corrected chi connectivity index (χ4v) is 2.69. The summed E-state index contributed by atoms with van der Waals surface area (Å²) in [7, 11) is 5.33. The molecule has 0 saturated carbocycles. The third kappa shape index (κ3) is 4.39. The van der Waals surface area contributed by atoms with E-state index in [1.807, 2.05) is 32.3 Å². The van der Waals surface area contributed by atoms with Gasteiger partial charge in [-0.1, -0.05) is 32.0 Å². The summed E-state index contributed by atoms with van der Waals surface area (Å²) >= 11 is 0. The van der Waals surface area contributed by atoms with Gasteiger partial charge in [0.2, 0.25) is 5.78 Å². The van der Waals surface area contributed by atoms with E-state index in [1.165, 1.54) is 16.8 Å². The zero-order valence-corrected chi connectivity index (χ0v) is 16.0. The maximum atomic E-state index is 12.7. The van der Waals surface area contributed by atoms with Crippen molar-refractivity contribution in [3.05, 3.63) is 59.1 Å². The first-order chi connectivity index (χ1) is 12.4. The Balaban J connectivity index is 2.27. The second kappa shape index (κ2) is 8.47. The first-order valence-electron chi connectivity index (χ1n) is 8.72. The van der Waals surface area contributed by atoms with Crippen molar-refractivity contribution in [3.63, 3.8) is 0 Å². The average Bonchev–Trinajstić information content (AvgIpc) is 3.01. The molecule has 138 valence electrons. The predicted molar refractivity (Wildman–Crippen MR) is 104 cm³/mol. The number of benzene rings is 1. The Morgan fingerprint density at radius 2 is 1.81 bits per heavy atom. The van der Waals surface area contributed by atoms with E-state index in [2.05, 4.69) is 24.3 Å². The van der Waals surface area contributed by atoms with Gasteiger partial charge >= 0.3 is 0 Å². The van der Waals surface area contributed by atoms with Crippen LogP contribution in [0.3, 0.4) is 0 Å². The van der Waals surface area contributed by atoms with Crippen LogP contribution in [0.25, 0.3) is 0 Å². The van der Waals surface area contributed by atoms with Crippen molar-refractivity contribution >= 4 is 17.4 Å². The van der Waals surface area contributed by atoms with Crippen LogP contribution in [0.4, 0.5) is 5.69 Å². The van der Waals surface area contributed by atoms with Gasteiger partial charge in [0.05, 0.1) is 0 Å². The highest BCUT2D eigenvalue weighted by molar-refractivity contribution is 6.07. The molecule has 26 heavy (non-hydrogen) atoms. The van der Waals surface area contributed by atoms with Gasteiger partial charge in [-0.15, -0.1) is 0 Å². The summed E-state index contributed by atoms with van der Waals surface area (Å²) in [4.78, 5) is 26.7. The minimum Gasteiger partial charge on any atom is -0.383 e. The molecule has 6 heteroatoms. The quantitative estimate of drug-likeness (QED) is 0.613. The molecular weight excluding hydrogens is 328 g/mol. The average molecular weight is 354 g/mol. The molecule has 0 aliphatic carbocycles. The number of para-hydroxylation sites is 1. The molecule has 1 aromatic heterocycles. The number of carbonyl (C=O) groups is 2. The monoisotopic (exact) mass is 354 g/mol. The van der Waals surface area contributed by atoms with Crippen molar-refractivity contribution in [2.24, 2.45) is 7.05 Å². The fraction of sp³-hybridized carbons (Fsp3) is 0.350. The molecule has 1 amide bonds. The van der Waals surface area contributed by atoms with Crippen LogP contribution < -0.4 is 5.32 Å². The van der Waals surface area contributed by atoms with Crippen LogP contribution in [0.5, 0.6) is 0 Å². The summed E-state index contributed by atoms with van der Waals surface area (Å²) in [5, 5.41) is 7.18. The molecule has 0 saturated heterocycles. The van der Waals surface area contributed by atoms with E-state index in [-0.39, 0.29) is 17.4 Å². The van der Waals surface area contributed by atoms with Crippen LogP contribution in [-0.2, 0) is 19.9 Å². The zero-order valence-electron chi connectivity index (χ0n) is 16.0. The summed E-state index contributed by atoms with van der Waals surface area (Å²) in [5.41, 5.74) is 3.60. The van der Waals surface area contributed by atoms with Crippen molar-refractivity contribution in [1.29, 1.82) is 0 Å². The van der Waals surface area contributed by atoms with Gasteiger partial charge in [0.1, 0.15) is 5.69 Å². The topological polar surface area (TPSA) is 67.2 Å². The van der Waals surface area contributed by atoms with E-state index >= 15 is 0 Å². The molecule has 2 aromatic rings. The molecule has 0 atom stereocenters. The fourth-order valence-electron chi connectivity index (χ4n) is 2.69. The number of nitrogens with zero attached hydrogens (tertiary/aromatic N) is 3. The molecule has 6 nitrogen and oxygen atoms in total. The molecule has 0 bridgehead atoms. The largest absolute Gasteiger partial charge is 0.383 e. The molecule has 2 rings (SSSR count). The molecule has 1 N–H and O–H groups in total. The van der Waals surface area contributed by atoms with Gasteiger partial charge < -0.3 is 10.2 Å². The Morgan fingerprint density at radius 3 is 2.35 bits per heavy atom. The van der Waals surface area contributed by atoms with Crippen LogP contribution >= 0.6 is 0 Å². The SMILES string of the molecule is CCc1cccc(CC)c1NC(=O)c1cc(C(=O)C=CN(C)C)n(C)n1. The molecule has 0 unspecified atom stereocenters. The molecule has 1 aromatic carbocycles. The van der Waals surface area contributed by atoms with Gasteiger partial charge in [0, 0.05) is 45.2 Å². The first kappa shape index (κ1) is 19.4. The Labute approximate surface area is 154 Å². The minimum absolute atomic E-state index is 0.198. The maximum absolute atomic E-state index is 12.7. The number of rotatable bonds is 7. The van der Waals surface area contributed by atoms with E-state index in [0.717, 1.165) is 29.7 Å². The lowest BCUT2D eigenvalue weighted by Gasteiger charge is -2.13. The highest BCUT2D eigenvalue weighted by Gasteiger charge is 2.18. The summed E-state index contributed by atoms with van der Waals surface area (Å²) in [6.07, 6.45) is 4.77. The van der Waals surface area contributed by atoms with Crippen LogP contribution in [0.2, 0.25) is 0 Å². The Hall–Kier alpha value is -2.89. The summed E-state index contributed by atoms with van der Waals surface area (Å²) < 4.78 is 1.43. The van der Waals surface area contributed by atoms with Crippen molar-refractivity contribution in [2.45, 2.75) is 26.7 Å². The van der Waals surface area contributed by atoms with E-state index in [4.69, 9.17) is 0 Å². The predicted octanol–water partition coefficient (Wildman–Crippen LogP) is 3.06. The lowest BCUT2D eigenvalue weighted by molar-refractivity contribution is 0.101. The normalized spacial score (nSPS) is 11.0. The first-order valence-corrected chi connectivity index (χ1v) is 8.72. The smallest absolute Gasteiger partial charge is 0.276 e. The lowest BCUT2D eigenvalue weighted by Crippen LogP contribution is -2.15. The third-order valence-electron chi connectivity index (χ3n) is 4.13. The van der Waals surface area contributed by atoms with Crippen molar-refractivity contribution in [1.82, 2.24) is 14.7 Å². The van der Waals surface area contributed by atoms with Gasteiger partial charge in [-0.25, -0.2) is 0 Å². The number of ketones is 1. The van der Waals surface area contributed by atoms with E-state index < -0.39 is 0 Å². The number of anilines is 1. The third-order valence-corrected chi connectivity index (χ3v) is 4.13. The number of allylic oxidation sites excluding steroid dienone is 1. The zero-order chi connectivity index (χ0) is 19.3. The van der Waals surface area contributed by atoms with Crippen molar-refractivity contribution < 1.29 is 9.59 Å². The van der Waals surface area contributed by atoms with Crippen LogP contribution in [0.15, 0.2) is 36.5 Å². The molecule has 0 aliphatic heterocycles. The molecule has 0 radical (unpaired) electrons. The number of carbonyl (C=O) groups excluding carboxylic acids is 2. The van der Waals surface area contributed by atoms with E-state index in [9.17, 15) is 9.59 Å². The number of aryl methyl sites for hydroxylation is 3. The molecular formula is C20H26N4O2. The number of aromatic nitrogens is 2. The number of hydrogen-bond acceptors (Lipinski definition) is 4. The highest BCUT2D eigenvalue weighted by atomic mass is 16.2. The van der Waals surface area contributed by atoms with Gasteiger partial charge in [-0.05, 0) is 24.0 Å². The maximum Gasteiger partial charge on any atom is 0.276 e. The van der Waals surface area contributed by atoms with Crippen LogP contribution in [-0.4, -0.2) is 40.5 Å². The number of hydrogen-bond donors (Lipinski definition) is 1. The number of amides is 1. The van der Waals surface area contributed by atoms with Crippen LogP contribution in [0, 0.1) is 0 Å². The molecule has 0 fully saturated rings. The van der Waals surface area contributed by atoms with Gasteiger partial charge in [-0.2, -0.15) is 5.10 Å². The standard InChI is InChI=1S/C20H26N4O2/c1-6-14-9-8-10-15(7-2)19(14)21-20(26)16-13-17(24(5)22-16)18(25)11-12-23(3)4/h8-13H,6-7H2,1-5H3,(H,21,26). The highest BCUT2D eigenvalue weighted by Crippen LogP contribution is 2.23. The Kier molecular flexibility index (Phi) is 6.33. The lowest BCUT2D eigenvalue weighted by atomic mass is 10.0. The summed E-state index contributed by atoms with van der Waals surface area (Å²) in [6, 6.07) is 7.54. The molecule has 1 heterocycles. The van der Waals surface area contributed by atoms with Gasteiger partial charge in [0.25, 0.3) is 5.91 Å².